The van der Waals surface area contributed by atoms with Crippen molar-refractivity contribution in [3.8, 4) is 17.2 Å². The number of benzene rings is 2. The van der Waals surface area contributed by atoms with Crippen LogP contribution in [-0.4, -0.2) is 45.4 Å². The number of methoxy groups -OCH3 is 2. The molecule has 0 amide bonds. The molecule has 1 fully saturated rings. The first-order valence-electron chi connectivity index (χ1n) is 10.9. The van der Waals surface area contributed by atoms with Crippen molar-refractivity contribution in [3.63, 3.8) is 0 Å². The van der Waals surface area contributed by atoms with E-state index in [4.69, 9.17) is 14.2 Å². The Morgan fingerprint density at radius 3 is 2.55 bits per heavy atom. The van der Waals surface area contributed by atoms with Gasteiger partial charge in [0, 0.05) is 0 Å². The molecule has 2 heterocycles. The van der Waals surface area contributed by atoms with E-state index in [9.17, 15) is 0 Å². The Kier molecular flexibility index (Phi) is 6.60. The van der Waals surface area contributed by atoms with Crippen molar-refractivity contribution >= 4 is 0 Å². The van der Waals surface area contributed by atoms with Crippen molar-refractivity contribution in [1.82, 2.24) is 4.90 Å². The lowest BCUT2D eigenvalue weighted by Crippen LogP contribution is -2.33. The normalized spacial score (nSPS) is 20.0. The van der Waals surface area contributed by atoms with Crippen molar-refractivity contribution in [2.24, 2.45) is 0 Å². The zero-order valence-electron chi connectivity index (χ0n) is 17.7. The molecule has 2 aromatic rings. The lowest BCUT2D eigenvalue weighted by molar-refractivity contribution is 0.202. The van der Waals surface area contributed by atoms with Crippen molar-refractivity contribution < 1.29 is 14.2 Å². The van der Waals surface area contributed by atoms with Crippen LogP contribution in [0, 0.1) is 0 Å². The van der Waals surface area contributed by atoms with Crippen LogP contribution in [0.25, 0.3) is 0 Å². The maximum atomic E-state index is 5.81. The lowest BCUT2D eigenvalue weighted by atomic mass is 9.88. The summed E-state index contributed by atoms with van der Waals surface area (Å²) in [7, 11) is 3.40. The topological polar surface area (TPSA) is 30.9 Å². The SMILES string of the molecule is COc1ccc(C2CCN(CCC[C@H]3CCOc4ccccc43)CC2)cc1OC. The van der Waals surface area contributed by atoms with Gasteiger partial charge >= 0.3 is 0 Å². The second-order valence-corrected chi connectivity index (χ2v) is 8.24. The van der Waals surface area contributed by atoms with E-state index in [2.05, 4.69) is 41.3 Å². The van der Waals surface area contributed by atoms with Gasteiger partial charge in [-0.25, -0.2) is 0 Å². The summed E-state index contributed by atoms with van der Waals surface area (Å²) in [5.41, 5.74) is 2.78. The number of ether oxygens (including phenoxy) is 3. The predicted octanol–water partition coefficient (Wildman–Crippen LogP) is 5.23. The molecule has 4 heteroatoms. The zero-order valence-corrected chi connectivity index (χ0v) is 17.7. The van der Waals surface area contributed by atoms with E-state index < -0.39 is 0 Å². The minimum atomic E-state index is 0.619. The number of para-hydroxylation sites is 1. The fourth-order valence-electron chi connectivity index (χ4n) is 4.87. The first-order chi connectivity index (χ1) is 14.3. The van der Waals surface area contributed by atoms with Crippen molar-refractivity contribution in [3.05, 3.63) is 53.6 Å². The highest BCUT2D eigenvalue weighted by molar-refractivity contribution is 5.44. The molecule has 0 aliphatic carbocycles. The number of fused-ring (bicyclic) bond motifs is 1. The third kappa shape index (κ3) is 4.69. The number of hydrogen-bond acceptors (Lipinski definition) is 4. The van der Waals surface area contributed by atoms with Gasteiger partial charge in [0.15, 0.2) is 11.5 Å². The molecular weight excluding hydrogens is 362 g/mol. The van der Waals surface area contributed by atoms with Crippen molar-refractivity contribution in [1.29, 1.82) is 0 Å². The summed E-state index contributed by atoms with van der Waals surface area (Å²) in [5.74, 6) is 4.02. The number of likely N-dealkylation sites (tertiary alicyclic amines) is 1. The monoisotopic (exact) mass is 395 g/mol. The molecule has 0 spiro atoms. The van der Waals surface area contributed by atoms with Crippen LogP contribution in [0.15, 0.2) is 42.5 Å². The van der Waals surface area contributed by atoms with Gasteiger partial charge < -0.3 is 19.1 Å². The van der Waals surface area contributed by atoms with Crippen LogP contribution < -0.4 is 14.2 Å². The lowest BCUT2D eigenvalue weighted by Gasteiger charge is -2.33. The molecule has 0 saturated carbocycles. The smallest absolute Gasteiger partial charge is 0.160 e. The van der Waals surface area contributed by atoms with E-state index in [1.807, 2.05) is 6.07 Å². The van der Waals surface area contributed by atoms with Gasteiger partial charge in [-0.1, -0.05) is 24.3 Å². The summed E-state index contributed by atoms with van der Waals surface area (Å²) in [6.45, 7) is 4.43. The molecule has 2 aliphatic heterocycles. The molecule has 1 saturated heterocycles. The summed E-state index contributed by atoms with van der Waals surface area (Å²) in [6, 6.07) is 15.0. The van der Waals surface area contributed by atoms with E-state index in [-0.39, 0.29) is 0 Å². The van der Waals surface area contributed by atoms with Gasteiger partial charge in [0.1, 0.15) is 5.75 Å². The maximum Gasteiger partial charge on any atom is 0.160 e. The Bertz CT molecular complexity index is 798. The molecule has 2 aromatic carbocycles. The van der Waals surface area contributed by atoms with Crippen LogP contribution in [0.2, 0.25) is 0 Å². The summed E-state index contributed by atoms with van der Waals surface area (Å²) in [6.07, 6.45) is 6.11. The molecule has 0 unspecified atom stereocenters. The van der Waals surface area contributed by atoms with Crippen LogP contribution >= 0.6 is 0 Å². The summed E-state index contributed by atoms with van der Waals surface area (Å²) in [4.78, 5) is 2.64. The first kappa shape index (κ1) is 20.1. The Morgan fingerprint density at radius 1 is 0.966 bits per heavy atom. The molecular formula is C25H33NO3. The average Bonchev–Trinajstić information content (AvgIpc) is 2.79. The Labute approximate surface area is 174 Å². The molecule has 0 aromatic heterocycles. The maximum absolute atomic E-state index is 5.81. The van der Waals surface area contributed by atoms with Crippen LogP contribution in [0.3, 0.4) is 0 Å². The molecule has 156 valence electrons. The summed E-state index contributed by atoms with van der Waals surface area (Å²) < 4.78 is 16.7. The van der Waals surface area contributed by atoms with Gasteiger partial charge in [-0.05, 0) is 92.9 Å². The molecule has 0 N–H and O–H groups in total. The Morgan fingerprint density at radius 2 is 1.76 bits per heavy atom. The van der Waals surface area contributed by atoms with Gasteiger partial charge in [0.2, 0.25) is 0 Å². The van der Waals surface area contributed by atoms with Gasteiger partial charge in [0.25, 0.3) is 0 Å². The summed E-state index contributed by atoms with van der Waals surface area (Å²) in [5, 5.41) is 0. The van der Waals surface area contributed by atoms with E-state index >= 15 is 0 Å². The highest BCUT2D eigenvalue weighted by Gasteiger charge is 2.23. The van der Waals surface area contributed by atoms with E-state index in [1.165, 1.54) is 56.4 Å². The molecule has 4 rings (SSSR count). The quantitative estimate of drug-likeness (QED) is 0.642. The number of rotatable bonds is 7. The number of nitrogens with zero attached hydrogens (tertiary/aromatic N) is 1. The molecule has 2 aliphatic rings. The van der Waals surface area contributed by atoms with Crippen LogP contribution in [-0.2, 0) is 0 Å². The van der Waals surface area contributed by atoms with E-state index in [0.29, 0.717) is 11.8 Å². The number of piperidine rings is 1. The zero-order chi connectivity index (χ0) is 20.1. The second kappa shape index (κ2) is 9.53. The average molecular weight is 396 g/mol. The Hall–Kier alpha value is -2.20. The Balaban J connectivity index is 1.25. The van der Waals surface area contributed by atoms with Crippen LogP contribution in [0.5, 0.6) is 17.2 Å². The van der Waals surface area contributed by atoms with E-state index in [1.54, 1.807) is 14.2 Å². The molecule has 1 atom stereocenters. The number of hydrogen-bond donors (Lipinski definition) is 0. The van der Waals surface area contributed by atoms with Gasteiger partial charge in [-0.15, -0.1) is 0 Å². The van der Waals surface area contributed by atoms with Gasteiger partial charge in [-0.3, -0.25) is 0 Å². The first-order valence-corrected chi connectivity index (χ1v) is 10.9. The minimum absolute atomic E-state index is 0.619. The minimum Gasteiger partial charge on any atom is -0.493 e. The molecule has 0 radical (unpaired) electrons. The highest BCUT2D eigenvalue weighted by Crippen LogP contribution is 2.37. The molecule has 0 bridgehead atoms. The molecule has 29 heavy (non-hydrogen) atoms. The fraction of sp³-hybridized carbons (Fsp3) is 0.520. The van der Waals surface area contributed by atoms with Crippen LogP contribution in [0.4, 0.5) is 0 Å². The van der Waals surface area contributed by atoms with Gasteiger partial charge in [0.05, 0.1) is 20.8 Å². The predicted molar refractivity (Wildman–Crippen MR) is 116 cm³/mol. The fourth-order valence-corrected chi connectivity index (χ4v) is 4.87. The summed E-state index contributed by atoms with van der Waals surface area (Å²) >= 11 is 0. The highest BCUT2D eigenvalue weighted by atomic mass is 16.5. The molecule has 4 nitrogen and oxygen atoms in total. The van der Waals surface area contributed by atoms with E-state index in [0.717, 1.165) is 30.3 Å². The largest absolute Gasteiger partial charge is 0.493 e. The second-order valence-electron chi connectivity index (χ2n) is 8.24. The van der Waals surface area contributed by atoms with Crippen molar-refractivity contribution in [2.45, 2.75) is 43.9 Å². The van der Waals surface area contributed by atoms with Gasteiger partial charge in [-0.2, -0.15) is 0 Å². The van der Waals surface area contributed by atoms with Crippen LogP contribution in [0.1, 0.15) is 55.1 Å². The third-order valence-electron chi connectivity index (χ3n) is 6.58. The standard InChI is InChI=1S/C25H33NO3/c1-27-24-10-9-21(18-25(24)28-2)19-11-15-26(16-12-19)14-5-6-20-13-17-29-23-8-4-3-7-22(20)23/h3-4,7-10,18-20H,5-6,11-17H2,1-2H3/t20-/m0/s1. The van der Waals surface area contributed by atoms with Crippen molar-refractivity contribution in [2.75, 3.05) is 40.5 Å². The third-order valence-corrected chi connectivity index (χ3v) is 6.58.